The molecule has 0 aliphatic heterocycles. The Balaban J connectivity index is 1.62. The number of carbonyl (C=O) groups excluding carboxylic acids is 2. The number of ether oxygens (including phenoxy) is 1. The molecule has 168 valence electrons. The summed E-state index contributed by atoms with van der Waals surface area (Å²) in [5, 5.41) is 2.71. The van der Waals surface area contributed by atoms with Crippen molar-refractivity contribution < 1.29 is 23.1 Å². The third-order valence-electron chi connectivity index (χ3n) is 4.69. The van der Waals surface area contributed by atoms with E-state index in [1.807, 2.05) is 19.0 Å². The number of hydrogen-bond acceptors (Lipinski definition) is 5. The van der Waals surface area contributed by atoms with Crippen molar-refractivity contribution in [3.8, 4) is 5.75 Å². The van der Waals surface area contributed by atoms with Crippen molar-refractivity contribution in [3.63, 3.8) is 0 Å². The van der Waals surface area contributed by atoms with Gasteiger partial charge in [0, 0.05) is 37.0 Å². The van der Waals surface area contributed by atoms with Crippen LogP contribution in [0.25, 0.3) is 0 Å². The first kappa shape index (κ1) is 23.0. The molecule has 0 bridgehead atoms. The molecule has 8 heteroatoms. The molecule has 7 nitrogen and oxygen atoms in total. The fourth-order valence-electron chi connectivity index (χ4n) is 2.95. The Morgan fingerprint density at radius 2 is 1.84 bits per heavy atom. The van der Waals surface area contributed by atoms with Gasteiger partial charge in [-0.3, -0.25) is 9.59 Å². The lowest BCUT2D eigenvalue weighted by Crippen LogP contribution is -2.39. The molecule has 0 radical (unpaired) electrons. The van der Waals surface area contributed by atoms with E-state index in [0.717, 1.165) is 0 Å². The molecule has 0 saturated heterocycles. The first-order valence-corrected chi connectivity index (χ1v) is 10.2. The molecule has 0 aliphatic rings. The predicted octanol–water partition coefficient (Wildman–Crippen LogP) is 3.64. The van der Waals surface area contributed by atoms with Gasteiger partial charge in [-0.2, -0.15) is 0 Å². The van der Waals surface area contributed by atoms with Crippen molar-refractivity contribution in [1.82, 2.24) is 9.80 Å². The summed E-state index contributed by atoms with van der Waals surface area (Å²) in [6.07, 6.45) is 1.42. The van der Waals surface area contributed by atoms with E-state index in [0.29, 0.717) is 30.1 Å². The molecule has 2 amide bonds. The minimum atomic E-state index is -0.386. The monoisotopic (exact) mass is 439 g/mol. The molecular formula is C24H26FN3O4. The van der Waals surface area contributed by atoms with Gasteiger partial charge in [0.25, 0.3) is 11.8 Å². The highest BCUT2D eigenvalue weighted by Crippen LogP contribution is 2.19. The van der Waals surface area contributed by atoms with E-state index in [1.165, 1.54) is 12.3 Å². The van der Waals surface area contributed by atoms with Crippen LogP contribution < -0.4 is 10.1 Å². The third-order valence-corrected chi connectivity index (χ3v) is 4.69. The molecule has 0 unspecified atom stereocenters. The number of halogens is 1. The molecular weight excluding hydrogens is 413 g/mol. The molecule has 0 spiro atoms. The maximum Gasteiger partial charge on any atom is 0.291 e. The lowest BCUT2D eigenvalue weighted by atomic mass is 10.2. The standard InChI is InChI=1S/C24H26FN3O4/c1-27(2)12-13-28(16-18-7-3-4-10-21(18)25)23(29)17-32-20-9-5-8-19(15-20)26-24(30)22-11-6-14-31-22/h3-11,14-15H,12-13,16-17H2,1-2H3,(H,26,30). The fraction of sp³-hybridized carbons (Fsp3) is 0.250. The molecule has 32 heavy (non-hydrogen) atoms. The molecule has 0 saturated carbocycles. The first-order valence-electron chi connectivity index (χ1n) is 10.2. The van der Waals surface area contributed by atoms with Crippen molar-refractivity contribution in [2.24, 2.45) is 0 Å². The Hall–Kier alpha value is -3.65. The third kappa shape index (κ3) is 6.68. The van der Waals surface area contributed by atoms with E-state index in [1.54, 1.807) is 59.5 Å². The highest BCUT2D eigenvalue weighted by atomic mass is 19.1. The number of benzene rings is 2. The number of nitrogens with zero attached hydrogens (tertiary/aromatic N) is 2. The summed E-state index contributed by atoms with van der Waals surface area (Å²) >= 11 is 0. The van der Waals surface area contributed by atoms with Crippen molar-refractivity contribution in [1.29, 1.82) is 0 Å². The maximum absolute atomic E-state index is 14.1. The van der Waals surface area contributed by atoms with Crippen LogP contribution in [0.3, 0.4) is 0 Å². The minimum Gasteiger partial charge on any atom is -0.484 e. The van der Waals surface area contributed by atoms with Crippen LogP contribution in [-0.4, -0.2) is 55.4 Å². The maximum atomic E-state index is 14.1. The van der Waals surface area contributed by atoms with Gasteiger partial charge < -0.3 is 24.3 Å². The lowest BCUT2D eigenvalue weighted by molar-refractivity contribution is -0.134. The Morgan fingerprint density at radius 1 is 1.03 bits per heavy atom. The quantitative estimate of drug-likeness (QED) is 0.522. The van der Waals surface area contributed by atoms with Gasteiger partial charge in [-0.05, 0) is 44.4 Å². The van der Waals surface area contributed by atoms with Crippen LogP contribution in [-0.2, 0) is 11.3 Å². The topological polar surface area (TPSA) is 75.0 Å². The molecule has 0 aliphatic carbocycles. The van der Waals surface area contributed by atoms with Crippen LogP contribution in [0.15, 0.2) is 71.3 Å². The summed E-state index contributed by atoms with van der Waals surface area (Å²) in [5.74, 6) is -0.385. The second-order valence-electron chi connectivity index (χ2n) is 7.46. The summed E-state index contributed by atoms with van der Waals surface area (Å²) in [5.41, 5.74) is 0.953. The Labute approximate surface area is 186 Å². The van der Waals surface area contributed by atoms with E-state index < -0.39 is 0 Å². The molecule has 3 rings (SSSR count). The van der Waals surface area contributed by atoms with Crippen LogP contribution in [0.2, 0.25) is 0 Å². The van der Waals surface area contributed by atoms with Crippen LogP contribution in [0, 0.1) is 5.82 Å². The van der Waals surface area contributed by atoms with E-state index >= 15 is 0 Å². The van der Waals surface area contributed by atoms with Crippen LogP contribution >= 0.6 is 0 Å². The highest BCUT2D eigenvalue weighted by molar-refractivity contribution is 6.02. The number of likely N-dealkylation sites (N-methyl/N-ethyl adjacent to an activating group) is 1. The number of anilines is 1. The fourth-order valence-corrected chi connectivity index (χ4v) is 2.95. The Kier molecular flexibility index (Phi) is 7.99. The summed E-state index contributed by atoms with van der Waals surface area (Å²) in [6, 6.07) is 16.3. The molecule has 3 aromatic rings. The van der Waals surface area contributed by atoms with Gasteiger partial charge >= 0.3 is 0 Å². The number of furan rings is 1. The summed E-state index contributed by atoms with van der Waals surface area (Å²) in [6.45, 7) is 1.01. The SMILES string of the molecule is CN(C)CCN(Cc1ccccc1F)C(=O)COc1cccc(NC(=O)c2ccco2)c1. The van der Waals surface area contributed by atoms with Crippen molar-refractivity contribution in [2.75, 3.05) is 39.1 Å². The van der Waals surface area contributed by atoms with Gasteiger partial charge in [-0.25, -0.2) is 4.39 Å². The smallest absolute Gasteiger partial charge is 0.291 e. The second-order valence-corrected chi connectivity index (χ2v) is 7.46. The molecule has 1 aromatic heterocycles. The largest absolute Gasteiger partial charge is 0.484 e. The van der Waals surface area contributed by atoms with Gasteiger partial charge in [0.2, 0.25) is 0 Å². The van der Waals surface area contributed by atoms with Crippen LogP contribution in [0.1, 0.15) is 16.1 Å². The van der Waals surface area contributed by atoms with Gasteiger partial charge in [0.15, 0.2) is 12.4 Å². The number of amides is 2. The van der Waals surface area contributed by atoms with E-state index in [4.69, 9.17) is 9.15 Å². The second kappa shape index (κ2) is 11.1. The van der Waals surface area contributed by atoms with Crippen LogP contribution in [0.5, 0.6) is 5.75 Å². The van der Waals surface area contributed by atoms with Gasteiger partial charge in [0.05, 0.1) is 6.26 Å². The average Bonchev–Trinajstić information content (AvgIpc) is 3.31. The van der Waals surface area contributed by atoms with Crippen molar-refractivity contribution in [3.05, 3.63) is 84.1 Å². The van der Waals surface area contributed by atoms with Crippen molar-refractivity contribution >= 4 is 17.5 Å². The van der Waals surface area contributed by atoms with E-state index in [2.05, 4.69) is 5.32 Å². The zero-order chi connectivity index (χ0) is 22.9. The molecule has 1 heterocycles. The zero-order valence-electron chi connectivity index (χ0n) is 18.1. The predicted molar refractivity (Wildman–Crippen MR) is 119 cm³/mol. The van der Waals surface area contributed by atoms with Gasteiger partial charge in [0.1, 0.15) is 11.6 Å². The zero-order valence-corrected chi connectivity index (χ0v) is 18.1. The van der Waals surface area contributed by atoms with E-state index in [-0.39, 0.29) is 36.5 Å². The van der Waals surface area contributed by atoms with E-state index in [9.17, 15) is 14.0 Å². The lowest BCUT2D eigenvalue weighted by Gasteiger charge is -2.25. The highest BCUT2D eigenvalue weighted by Gasteiger charge is 2.17. The number of carbonyl (C=O) groups is 2. The Morgan fingerprint density at radius 3 is 2.56 bits per heavy atom. The van der Waals surface area contributed by atoms with Gasteiger partial charge in [-0.15, -0.1) is 0 Å². The summed E-state index contributed by atoms with van der Waals surface area (Å²) < 4.78 is 24.8. The minimum absolute atomic E-state index is 0.155. The average molecular weight is 439 g/mol. The normalized spacial score (nSPS) is 10.8. The van der Waals surface area contributed by atoms with Crippen molar-refractivity contribution in [2.45, 2.75) is 6.54 Å². The molecule has 1 N–H and O–H groups in total. The molecule has 2 aromatic carbocycles. The number of rotatable bonds is 10. The molecule has 0 atom stereocenters. The summed E-state index contributed by atoms with van der Waals surface area (Å²) in [7, 11) is 3.82. The summed E-state index contributed by atoms with van der Waals surface area (Å²) in [4.78, 5) is 28.5. The number of nitrogens with one attached hydrogen (secondary N) is 1. The molecule has 0 fully saturated rings. The number of hydrogen-bond donors (Lipinski definition) is 1. The van der Waals surface area contributed by atoms with Crippen LogP contribution in [0.4, 0.5) is 10.1 Å². The van der Waals surface area contributed by atoms with Gasteiger partial charge in [-0.1, -0.05) is 24.3 Å². The Bertz CT molecular complexity index is 1040. The first-order chi connectivity index (χ1) is 15.4.